The third-order valence-electron chi connectivity index (χ3n) is 5.16. The van der Waals surface area contributed by atoms with E-state index in [2.05, 4.69) is 10.3 Å². The van der Waals surface area contributed by atoms with E-state index < -0.39 is 4.92 Å². The largest absolute Gasteiger partial charge is 0.396 e. The van der Waals surface area contributed by atoms with Crippen molar-refractivity contribution in [1.29, 1.82) is 0 Å². The van der Waals surface area contributed by atoms with Crippen LogP contribution in [0.5, 0.6) is 0 Å². The number of aromatic nitrogens is 2. The minimum absolute atomic E-state index is 0.0330. The molecule has 154 valence electrons. The fourth-order valence-corrected chi connectivity index (χ4v) is 4.17. The zero-order chi connectivity index (χ0) is 21.1. The van der Waals surface area contributed by atoms with Gasteiger partial charge in [0.2, 0.25) is 0 Å². The topological polar surface area (TPSA) is 96.5 Å². The number of nitrogens with one attached hydrogen (secondary N) is 1. The number of non-ortho nitro benzene ring substituents is 1. The van der Waals surface area contributed by atoms with Gasteiger partial charge >= 0.3 is 0 Å². The van der Waals surface area contributed by atoms with Crippen molar-refractivity contribution in [2.45, 2.75) is 18.5 Å². The summed E-state index contributed by atoms with van der Waals surface area (Å²) in [5.41, 5.74) is 2.51. The van der Waals surface area contributed by atoms with Crippen LogP contribution in [0.15, 0.2) is 67.0 Å². The Hall–Kier alpha value is -3.30. The molecule has 3 heterocycles. The lowest BCUT2D eigenvalue weighted by Crippen LogP contribution is -2.31. The second-order valence-corrected chi connectivity index (χ2v) is 7.36. The summed E-state index contributed by atoms with van der Waals surface area (Å²) in [6.45, 7) is 0.641. The van der Waals surface area contributed by atoms with Crippen molar-refractivity contribution in [3.05, 3.63) is 88.5 Å². The van der Waals surface area contributed by atoms with Crippen LogP contribution in [0, 0.1) is 10.1 Å². The van der Waals surface area contributed by atoms with Crippen molar-refractivity contribution in [3.8, 4) is 5.69 Å². The highest BCUT2D eigenvalue weighted by molar-refractivity contribution is 7.80. The third-order valence-corrected chi connectivity index (χ3v) is 5.51. The Balaban J connectivity index is 1.79. The maximum Gasteiger partial charge on any atom is 0.271 e. The van der Waals surface area contributed by atoms with Gasteiger partial charge in [0.15, 0.2) is 5.11 Å². The van der Waals surface area contributed by atoms with Crippen molar-refractivity contribution < 1.29 is 10.0 Å². The van der Waals surface area contributed by atoms with Gasteiger partial charge in [-0.1, -0.05) is 12.1 Å². The summed E-state index contributed by atoms with van der Waals surface area (Å²) in [5, 5.41) is 24.6. The molecule has 2 atom stereocenters. The average molecular weight is 423 g/mol. The minimum Gasteiger partial charge on any atom is -0.396 e. The molecular weight excluding hydrogens is 402 g/mol. The fraction of sp³-hybridized carbons (Fsp3) is 0.238. The molecule has 1 aliphatic heterocycles. The van der Waals surface area contributed by atoms with Gasteiger partial charge in [0.1, 0.15) is 0 Å². The van der Waals surface area contributed by atoms with Crippen molar-refractivity contribution in [2.75, 3.05) is 13.2 Å². The first-order chi connectivity index (χ1) is 14.6. The molecule has 0 amide bonds. The molecule has 8 nitrogen and oxygen atoms in total. The van der Waals surface area contributed by atoms with E-state index >= 15 is 0 Å². The van der Waals surface area contributed by atoms with Gasteiger partial charge in [0.05, 0.1) is 28.4 Å². The Morgan fingerprint density at radius 2 is 2.07 bits per heavy atom. The lowest BCUT2D eigenvalue weighted by molar-refractivity contribution is -0.384. The predicted molar refractivity (Wildman–Crippen MR) is 116 cm³/mol. The highest BCUT2D eigenvalue weighted by Crippen LogP contribution is 2.39. The number of nitro groups is 1. The molecule has 0 bridgehead atoms. The minimum atomic E-state index is -0.400. The molecule has 1 saturated heterocycles. The lowest BCUT2D eigenvalue weighted by Gasteiger charge is -2.28. The second kappa shape index (κ2) is 8.60. The molecule has 0 spiro atoms. The van der Waals surface area contributed by atoms with Crippen molar-refractivity contribution in [1.82, 2.24) is 19.8 Å². The van der Waals surface area contributed by atoms with E-state index in [0.717, 1.165) is 11.4 Å². The van der Waals surface area contributed by atoms with Crippen LogP contribution in [0.2, 0.25) is 0 Å². The molecule has 1 aliphatic rings. The number of nitrogens with zero attached hydrogens (tertiary/aromatic N) is 4. The summed E-state index contributed by atoms with van der Waals surface area (Å²) in [6.07, 6.45) is 4.20. The van der Waals surface area contributed by atoms with Crippen LogP contribution in [0.25, 0.3) is 5.69 Å². The molecular formula is C21H21N5O3S. The van der Waals surface area contributed by atoms with Gasteiger partial charge in [0, 0.05) is 43.4 Å². The standard InChI is InChI=1S/C21H21N5O3S/c27-13-5-12-25-20(19(23-21(25)30)17-8-1-2-10-22-17)18-9-4-11-24(18)15-6-3-7-16(14-15)26(28)29/h1-4,6-11,14,19-20,27H,5,12-13H2,(H,23,30). The van der Waals surface area contributed by atoms with Crippen LogP contribution >= 0.6 is 12.2 Å². The summed E-state index contributed by atoms with van der Waals surface area (Å²) in [5.74, 6) is 0. The van der Waals surface area contributed by atoms with Crippen LogP contribution in [0.3, 0.4) is 0 Å². The van der Waals surface area contributed by atoms with E-state index in [-0.39, 0.29) is 24.4 Å². The van der Waals surface area contributed by atoms with Gasteiger partial charge in [-0.05, 0) is 49.0 Å². The number of aliphatic hydroxyl groups excluding tert-OH is 1. The predicted octanol–water partition coefficient (Wildman–Crippen LogP) is 3.14. The van der Waals surface area contributed by atoms with E-state index in [1.54, 1.807) is 18.3 Å². The summed E-state index contributed by atoms with van der Waals surface area (Å²) in [7, 11) is 0. The van der Waals surface area contributed by atoms with Crippen LogP contribution in [-0.4, -0.2) is 42.7 Å². The highest BCUT2D eigenvalue weighted by atomic mass is 32.1. The SMILES string of the molecule is O=[N+]([O-])c1cccc(-n2cccc2C2C(c3ccccn3)NC(=S)N2CCCO)c1. The number of pyridine rings is 1. The maximum atomic E-state index is 11.2. The number of hydrogen-bond donors (Lipinski definition) is 2. The van der Waals surface area contributed by atoms with Gasteiger partial charge in [-0.25, -0.2) is 0 Å². The number of nitro benzene ring substituents is 1. The van der Waals surface area contributed by atoms with Gasteiger partial charge in [-0.15, -0.1) is 0 Å². The Bertz CT molecular complexity index is 1060. The fourth-order valence-electron chi connectivity index (χ4n) is 3.84. The number of hydrogen-bond acceptors (Lipinski definition) is 5. The lowest BCUT2D eigenvalue weighted by atomic mass is 10.0. The summed E-state index contributed by atoms with van der Waals surface area (Å²) < 4.78 is 1.94. The Morgan fingerprint density at radius 3 is 2.80 bits per heavy atom. The second-order valence-electron chi connectivity index (χ2n) is 6.98. The number of benzene rings is 1. The molecule has 2 unspecified atom stereocenters. The first kappa shape index (κ1) is 20.0. The third kappa shape index (κ3) is 3.77. The van der Waals surface area contributed by atoms with Gasteiger partial charge in [0.25, 0.3) is 5.69 Å². The van der Waals surface area contributed by atoms with Crippen LogP contribution in [0.1, 0.15) is 29.9 Å². The Labute approximate surface area is 178 Å². The van der Waals surface area contributed by atoms with Gasteiger partial charge < -0.3 is 19.9 Å². The van der Waals surface area contributed by atoms with E-state index in [1.807, 2.05) is 52.1 Å². The maximum absolute atomic E-state index is 11.2. The van der Waals surface area contributed by atoms with Crippen molar-refractivity contribution in [2.24, 2.45) is 0 Å². The van der Waals surface area contributed by atoms with E-state index in [4.69, 9.17) is 12.2 Å². The van der Waals surface area contributed by atoms with Crippen LogP contribution in [0.4, 0.5) is 5.69 Å². The summed E-state index contributed by atoms with van der Waals surface area (Å²) >= 11 is 5.60. The molecule has 2 aromatic heterocycles. The summed E-state index contributed by atoms with van der Waals surface area (Å²) in [4.78, 5) is 17.4. The van der Waals surface area contributed by atoms with Crippen LogP contribution in [-0.2, 0) is 0 Å². The molecule has 30 heavy (non-hydrogen) atoms. The molecule has 4 rings (SSSR count). The number of aliphatic hydroxyl groups is 1. The monoisotopic (exact) mass is 423 g/mol. The molecule has 0 saturated carbocycles. The summed E-state index contributed by atoms with van der Waals surface area (Å²) in [6, 6.07) is 15.8. The molecule has 9 heteroatoms. The van der Waals surface area contributed by atoms with Gasteiger partial charge in [-0.3, -0.25) is 15.1 Å². The zero-order valence-corrected chi connectivity index (χ0v) is 16.9. The van der Waals surface area contributed by atoms with Crippen LogP contribution < -0.4 is 5.32 Å². The number of thiocarbonyl (C=S) groups is 1. The highest BCUT2D eigenvalue weighted by Gasteiger charge is 2.40. The smallest absolute Gasteiger partial charge is 0.271 e. The normalized spacial score (nSPS) is 18.4. The Morgan fingerprint density at radius 1 is 1.20 bits per heavy atom. The van der Waals surface area contributed by atoms with Gasteiger partial charge in [-0.2, -0.15) is 0 Å². The molecule has 0 radical (unpaired) electrons. The number of rotatable bonds is 7. The average Bonchev–Trinajstić information content (AvgIpc) is 3.37. The Kier molecular flexibility index (Phi) is 5.73. The first-order valence-electron chi connectivity index (χ1n) is 9.61. The quantitative estimate of drug-likeness (QED) is 0.342. The molecule has 1 aromatic carbocycles. The van der Waals surface area contributed by atoms with E-state index in [1.165, 1.54) is 6.07 Å². The molecule has 0 aliphatic carbocycles. The van der Waals surface area contributed by atoms with E-state index in [9.17, 15) is 15.2 Å². The van der Waals surface area contributed by atoms with Crippen molar-refractivity contribution in [3.63, 3.8) is 0 Å². The van der Waals surface area contributed by atoms with E-state index in [0.29, 0.717) is 23.8 Å². The first-order valence-corrected chi connectivity index (χ1v) is 10.0. The van der Waals surface area contributed by atoms with Crippen molar-refractivity contribution >= 4 is 23.0 Å². The zero-order valence-electron chi connectivity index (χ0n) is 16.1. The molecule has 1 fully saturated rings. The molecule has 2 N–H and O–H groups in total. The molecule has 3 aromatic rings.